The number of carbonyl (C=O) groups is 3. The summed E-state index contributed by atoms with van der Waals surface area (Å²) in [5, 5.41) is 14.6. The molecule has 1 atom stereocenters. The summed E-state index contributed by atoms with van der Waals surface area (Å²) in [5.74, 6) is -0.379. The second kappa shape index (κ2) is 10.4. The highest BCUT2D eigenvalue weighted by atomic mass is 16.5. The van der Waals surface area contributed by atoms with E-state index in [0.29, 0.717) is 29.5 Å². The van der Waals surface area contributed by atoms with Crippen molar-refractivity contribution in [3.8, 4) is 6.07 Å². The number of hydrogen-bond acceptors (Lipinski definition) is 5. The highest BCUT2D eigenvalue weighted by Crippen LogP contribution is 2.19. The summed E-state index contributed by atoms with van der Waals surface area (Å²) in [5.41, 5.74) is 1.00. The maximum atomic E-state index is 12.7. The lowest BCUT2D eigenvalue weighted by Gasteiger charge is -2.19. The fraction of sp³-hybridized carbons (Fsp3) is 0.455. The van der Waals surface area contributed by atoms with Gasteiger partial charge in [-0.15, -0.1) is 0 Å². The van der Waals surface area contributed by atoms with Crippen molar-refractivity contribution in [3.63, 3.8) is 0 Å². The number of carbonyl (C=O) groups excluding carboxylic acids is 3. The van der Waals surface area contributed by atoms with Crippen molar-refractivity contribution in [3.05, 3.63) is 36.0 Å². The number of rotatable bonds is 8. The van der Waals surface area contributed by atoms with Crippen LogP contribution in [0.25, 0.3) is 10.9 Å². The molecule has 2 aromatic rings. The maximum absolute atomic E-state index is 12.7. The number of benzene rings is 1. The van der Waals surface area contributed by atoms with E-state index in [-0.39, 0.29) is 18.4 Å². The molecule has 2 rings (SSSR count). The van der Waals surface area contributed by atoms with Gasteiger partial charge in [0.15, 0.2) is 0 Å². The minimum atomic E-state index is -0.739. The van der Waals surface area contributed by atoms with Gasteiger partial charge >= 0.3 is 6.09 Å². The van der Waals surface area contributed by atoms with Gasteiger partial charge in [0.1, 0.15) is 12.6 Å². The number of aromatic nitrogens is 1. The lowest BCUT2D eigenvalue weighted by molar-refractivity contribution is -0.123. The molecule has 1 aromatic heterocycles. The van der Waals surface area contributed by atoms with Crippen LogP contribution in [0.5, 0.6) is 0 Å². The standard InChI is InChI=1S/C22H28N4O4/c1-14(2)11-18(21(28)24-9-8-23)25-20(27)17-5-6-19-16(12-17)7-10-26(19)22(29)30-13-15(3)4/h5-7,10,12,14-15,18H,9,11,13H2,1-4H3,(H,24,28)(H,25,27). The van der Waals surface area contributed by atoms with Crippen LogP contribution in [0.4, 0.5) is 4.79 Å². The van der Waals surface area contributed by atoms with Crippen LogP contribution in [0.3, 0.4) is 0 Å². The van der Waals surface area contributed by atoms with Crippen LogP contribution >= 0.6 is 0 Å². The molecule has 0 aliphatic heterocycles. The van der Waals surface area contributed by atoms with Crippen LogP contribution in [-0.2, 0) is 9.53 Å². The molecule has 0 saturated heterocycles. The maximum Gasteiger partial charge on any atom is 0.418 e. The van der Waals surface area contributed by atoms with Gasteiger partial charge in [0, 0.05) is 17.1 Å². The molecule has 2 N–H and O–H groups in total. The van der Waals surface area contributed by atoms with Gasteiger partial charge in [-0.3, -0.25) is 14.2 Å². The number of amides is 2. The highest BCUT2D eigenvalue weighted by Gasteiger charge is 2.22. The Morgan fingerprint density at radius 2 is 1.87 bits per heavy atom. The van der Waals surface area contributed by atoms with Crippen LogP contribution in [0.2, 0.25) is 0 Å². The zero-order chi connectivity index (χ0) is 22.3. The summed E-state index contributed by atoms with van der Waals surface area (Å²) in [7, 11) is 0. The molecule has 0 radical (unpaired) electrons. The van der Waals surface area contributed by atoms with E-state index < -0.39 is 23.9 Å². The summed E-state index contributed by atoms with van der Waals surface area (Å²) in [6.45, 7) is 8.02. The third-order valence-electron chi connectivity index (χ3n) is 4.36. The fourth-order valence-electron chi connectivity index (χ4n) is 2.94. The lowest BCUT2D eigenvalue weighted by Crippen LogP contribution is -2.47. The normalized spacial score (nSPS) is 11.9. The van der Waals surface area contributed by atoms with Gasteiger partial charge in [-0.05, 0) is 42.5 Å². The average Bonchev–Trinajstić information content (AvgIpc) is 3.12. The zero-order valence-corrected chi connectivity index (χ0v) is 17.8. The van der Waals surface area contributed by atoms with E-state index >= 15 is 0 Å². The Balaban J connectivity index is 2.17. The molecule has 0 spiro atoms. The van der Waals surface area contributed by atoms with E-state index in [2.05, 4.69) is 10.6 Å². The molecule has 8 nitrogen and oxygen atoms in total. The van der Waals surface area contributed by atoms with Crippen molar-refractivity contribution in [2.45, 2.75) is 40.2 Å². The van der Waals surface area contributed by atoms with Crippen molar-refractivity contribution < 1.29 is 19.1 Å². The number of nitriles is 1. The SMILES string of the molecule is CC(C)COC(=O)n1ccc2cc(C(=O)NC(CC(C)C)C(=O)NCC#N)ccc21. The van der Waals surface area contributed by atoms with E-state index in [1.54, 1.807) is 30.5 Å². The Kier molecular flexibility index (Phi) is 7.98. The van der Waals surface area contributed by atoms with E-state index in [4.69, 9.17) is 10.00 Å². The molecule has 0 fully saturated rings. The van der Waals surface area contributed by atoms with Gasteiger partial charge in [0.2, 0.25) is 5.91 Å². The predicted octanol–water partition coefficient (Wildman–Crippen LogP) is 3.07. The van der Waals surface area contributed by atoms with Gasteiger partial charge in [-0.1, -0.05) is 27.7 Å². The third kappa shape index (κ3) is 6.08. The Hall–Kier alpha value is -3.34. The number of nitrogens with zero attached hydrogens (tertiary/aromatic N) is 2. The second-order valence-electron chi connectivity index (χ2n) is 7.96. The van der Waals surface area contributed by atoms with Crippen molar-refractivity contribution >= 4 is 28.8 Å². The van der Waals surface area contributed by atoms with E-state index in [1.165, 1.54) is 4.57 Å². The molecule has 160 valence electrons. The molecule has 2 amide bonds. The van der Waals surface area contributed by atoms with Gasteiger partial charge in [0.25, 0.3) is 5.91 Å². The molecule has 0 aliphatic carbocycles. The Labute approximate surface area is 176 Å². The fourth-order valence-corrected chi connectivity index (χ4v) is 2.94. The van der Waals surface area contributed by atoms with Crippen LogP contribution in [-0.4, -0.2) is 41.7 Å². The number of hydrogen-bond donors (Lipinski definition) is 2. The predicted molar refractivity (Wildman–Crippen MR) is 113 cm³/mol. The topological polar surface area (TPSA) is 113 Å². The number of fused-ring (bicyclic) bond motifs is 1. The summed E-state index contributed by atoms with van der Waals surface area (Å²) >= 11 is 0. The van der Waals surface area contributed by atoms with Crippen LogP contribution in [0.1, 0.15) is 44.5 Å². The van der Waals surface area contributed by atoms with E-state index in [1.807, 2.05) is 33.8 Å². The summed E-state index contributed by atoms with van der Waals surface area (Å²) in [6, 6.07) is 7.78. The smallest absolute Gasteiger partial charge is 0.418 e. The van der Waals surface area contributed by atoms with Crippen molar-refractivity contribution in [1.29, 1.82) is 5.26 Å². The van der Waals surface area contributed by atoms with Gasteiger partial charge in [-0.2, -0.15) is 5.26 Å². The third-order valence-corrected chi connectivity index (χ3v) is 4.36. The van der Waals surface area contributed by atoms with Gasteiger partial charge < -0.3 is 15.4 Å². The summed E-state index contributed by atoms with van der Waals surface area (Å²) in [4.78, 5) is 37.2. The number of ether oxygens (including phenoxy) is 1. The Morgan fingerprint density at radius 1 is 1.13 bits per heavy atom. The van der Waals surface area contributed by atoms with Crippen molar-refractivity contribution in [2.75, 3.05) is 13.2 Å². The first-order valence-corrected chi connectivity index (χ1v) is 9.96. The molecule has 1 aromatic carbocycles. The van der Waals surface area contributed by atoms with Gasteiger partial charge in [-0.25, -0.2) is 4.79 Å². The quantitative estimate of drug-likeness (QED) is 0.647. The zero-order valence-electron chi connectivity index (χ0n) is 17.8. The van der Waals surface area contributed by atoms with Crippen molar-refractivity contribution in [1.82, 2.24) is 15.2 Å². The Bertz CT molecular complexity index is 956. The number of nitrogens with one attached hydrogen (secondary N) is 2. The first kappa shape index (κ1) is 22.9. The van der Waals surface area contributed by atoms with Crippen LogP contribution in [0, 0.1) is 23.2 Å². The first-order valence-electron chi connectivity index (χ1n) is 9.96. The van der Waals surface area contributed by atoms with Gasteiger partial charge in [0.05, 0.1) is 18.2 Å². The molecule has 1 heterocycles. The first-order chi connectivity index (χ1) is 14.2. The second-order valence-corrected chi connectivity index (χ2v) is 7.96. The summed E-state index contributed by atoms with van der Waals surface area (Å²) in [6.07, 6.45) is 1.58. The van der Waals surface area contributed by atoms with Crippen molar-refractivity contribution in [2.24, 2.45) is 11.8 Å². The molecule has 30 heavy (non-hydrogen) atoms. The molecule has 0 aliphatic rings. The minimum absolute atomic E-state index is 0.115. The van der Waals surface area contributed by atoms with E-state index in [9.17, 15) is 14.4 Å². The summed E-state index contributed by atoms with van der Waals surface area (Å²) < 4.78 is 6.66. The Morgan fingerprint density at radius 3 is 2.50 bits per heavy atom. The molecular formula is C22H28N4O4. The molecule has 1 unspecified atom stereocenters. The van der Waals surface area contributed by atoms with Crippen LogP contribution in [0.15, 0.2) is 30.5 Å². The highest BCUT2D eigenvalue weighted by molar-refractivity contribution is 6.01. The van der Waals surface area contributed by atoms with E-state index in [0.717, 1.165) is 0 Å². The molecule has 0 saturated carbocycles. The average molecular weight is 412 g/mol. The minimum Gasteiger partial charge on any atom is -0.449 e. The molecule has 8 heteroatoms. The largest absolute Gasteiger partial charge is 0.449 e. The lowest BCUT2D eigenvalue weighted by atomic mass is 10.0. The van der Waals surface area contributed by atoms with Crippen LogP contribution < -0.4 is 10.6 Å². The molecular weight excluding hydrogens is 384 g/mol. The molecule has 0 bridgehead atoms. The monoisotopic (exact) mass is 412 g/mol.